The van der Waals surface area contributed by atoms with Gasteiger partial charge in [0.25, 0.3) is 0 Å². The van der Waals surface area contributed by atoms with E-state index < -0.39 is 40.2 Å². The van der Waals surface area contributed by atoms with Crippen LogP contribution in [0, 0.1) is 37.1 Å². The van der Waals surface area contributed by atoms with Gasteiger partial charge < -0.3 is 0 Å². The summed E-state index contributed by atoms with van der Waals surface area (Å²) in [7, 11) is 0. The molecule has 0 aliphatic heterocycles. The predicted octanol–water partition coefficient (Wildman–Crippen LogP) is 9.54. The summed E-state index contributed by atoms with van der Waals surface area (Å²) in [4.78, 5) is 33.3. The Morgan fingerprint density at radius 1 is 0.478 bits per heavy atom. The van der Waals surface area contributed by atoms with Gasteiger partial charge in [0.1, 0.15) is 11.4 Å². The summed E-state index contributed by atoms with van der Waals surface area (Å²) >= 11 is 0. The van der Waals surface area contributed by atoms with Crippen molar-refractivity contribution in [2.24, 2.45) is 0 Å². The number of aryl methyl sites for hydroxylation is 2. The van der Waals surface area contributed by atoms with E-state index in [1.165, 1.54) is 0 Å². The van der Waals surface area contributed by atoms with Crippen molar-refractivity contribution in [3.63, 3.8) is 0 Å². The average molecular weight is 621 g/mol. The van der Waals surface area contributed by atoms with E-state index in [4.69, 9.17) is 15.0 Å². The molecule has 6 aromatic rings. The number of benzene rings is 4. The molecule has 9 heteroatoms. The lowest BCUT2D eigenvalue weighted by Gasteiger charge is -2.21. The molecule has 230 valence electrons. The molecule has 1 aliphatic carbocycles. The van der Waals surface area contributed by atoms with Crippen molar-refractivity contribution in [1.82, 2.24) is 19.9 Å². The second kappa shape index (κ2) is 10.5. The molecule has 0 bridgehead atoms. The highest BCUT2D eigenvalue weighted by atomic mass is 19.2. The lowest BCUT2D eigenvalue weighted by molar-refractivity contribution is 0.103. The van der Waals surface area contributed by atoms with E-state index in [9.17, 15) is 18.0 Å². The number of carbonyl (C=O) groups excluding carboxylic acids is 1. The number of ketones is 1. The van der Waals surface area contributed by atoms with E-state index in [1.54, 1.807) is 0 Å². The van der Waals surface area contributed by atoms with Crippen molar-refractivity contribution in [1.29, 1.82) is 0 Å². The third kappa shape index (κ3) is 4.25. The highest BCUT2D eigenvalue weighted by Gasteiger charge is 2.40. The van der Waals surface area contributed by atoms with E-state index in [1.807, 2.05) is 90.1 Å². The summed E-state index contributed by atoms with van der Waals surface area (Å²) in [6, 6.07) is 16.0. The van der Waals surface area contributed by atoms with Gasteiger partial charge in [-0.15, -0.1) is 0 Å². The van der Waals surface area contributed by atoms with E-state index in [2.05, 4.69) is 4.98 Å². The van der Waals surface area contributed by atoms with Gasteiger partial charge in [-0.3, -0.25) is 4.79 Å². The third-order valence-corrected chi connectivity index (χ3v) is 8.56. The zero-order valence-electron chi connectivity index (χ0n) is 26.0. The van der Waals surface area contributed by atoms with E-state index in [0.717, 1.165) is 22.3 Å². The average Bonchev–Trinajstić information content (AvgIpc) is 3.31. The first-order chi connectivity index (χ1) is 21.9. The third-order valence-electron chi connectivity index (χ3n) is 8.56. The van der Waals surface area contributed by atoms with Gasteiger partial charge in [-0.1, -0.05) is 87.4 Å². The fourth-order valence-electron chi connectivity index (χ4n) is 6.28. The topological polar surface area (TPSA) is 68.6 Å². The van der Waals surface area contributed by atoms with Crippen LogP contribution in [0.15, 0.2) is 48.5 Å². The largest absolute Gasteiger partial charge is 0.287 e. The number of halogens is 4. The molecule has 4 aromatic carbocycles. The molecular weight excluding hydrogens is 592 g/mol. The molecule has 1 aliphatic rings. The maximum atomic E-state index is 15.2. The fraction of sp³-hybridized carbons (Fsp3) is 0.216. The summed E-state index contributed by atoms with van der Waals surface area (Å²) in [6.07, 6.45) is 0. The van der Waals surface area contributed by atoms with Crippen molar-refractivity contribution in [3.05, 3.63) is 105 Å². The molecule has 0 N–H and O–H groups in total. The molecule has 0 fully saturated rings. The zero-order valence-corrected chi connectivity index (χ0v) is 26.0. The van der Waals surface area contributed by atoms with Gasteiger partial charge in [0.05, 0.1) is 44.6 Å². The summed E-state index contributed by atoms with van der Waals surface area (Å²) in [5.74, 6) is -9.00. The Hall–Kier alpha value is -5.05. The van der Waals surface area contributed by atoms with Crippen LogP contribution in [0.25, 0.3) is 55.8 Å². The standard InChI is InChI=1S/C37H28F4N4O/c1-15(2)21-31-32(43-30(20-13-9-18(6)10-14-20)29(42-31)19-11-7-17(5)8-12-19)22(16(3)4)34-33(21)44-35-23-24(37(46)36(35)45-34)26(39)28(41)27(40)25(23)38/h7-16H,1-6H3. The van der Waals surface area contributed by atoms with Gasteiger partial charge in [0.2, 0.25) is 5.78 Å². The maximum Gasteiger partial charge on any atom is 0.217 e. The molecular formula is C37H28F4N4O. The number of hydrogen-bond acceptors (Lipinski definition) is 5. The quantitative estimate of drug-likeness (QED) is 0.0849. The number of carbonyl (C=O) groups is 1. The Labute approximate surface area is 262 Å². The monoisotopic (exact) mass is 620 g/mol. The molecule has 0 saturated heterocycles. The van der Waals surface area contributed by atoms with Crippen LogP contribution < -0.4 is 0 Å². The van der Waals surface area contributed by atoms with E-state index in [0.29, 0.717) is 44.6 Å². The number of fused-ring (bicyclic) bond motifs is 5. The predicted molar refractivity (Wildman–Crippen MR) is 170 cm³/mol. The van der Waals surface area contributed by atoms with Crippen LogP contribution in [0.3, 0.4) is 0 Å². The van der Waals surface area contributed by atoms with Crippen LogP contribution in [0.5, 0.6) is 0 Å². The Kier molecular flexibility index (Phi) is 6.77. The van der Waals surface area contributed by atoms with Gasteiger partial charge in [0.15, 0.2) is 23.3 Å². The molecule has 2 aromatic heterocycles. The molecule has 0 radical (unpaired) electrons. The number of nitrogens with zero attached hydrogens (tertiary/aromatic N) is 4. The Balaban J connectivity index is 1.66. The Morgan fingerprint density at radius 3 is 1.22 bits per heavy atom. The Morgan fingerprint density at radius 2 is 0.826 bits per heavy atom. The highest BCUT2D eigenvalue weighted by Crippen LogP contribution is 2.45. The molecule has 0 saturated carbocycles. The van der Waals surface area contributed by atoms with Crippen LogP contribution in [0.4, 0.5) is 17.6 Å². The smallest absolute Gasteiger partial charge is 0.217 e. The SMILES string of the molecule is Cc1ccc(-c2nc3c(C(C)C)c4nc5c(nc4c(C(C)C)c3nc2-c2ccc(C)cc2)-c2c(F)c(F)c(F)c(F)c2C5=O)cc1. The molecule has 0 unspecified atom stereocenters. The zero-order chi connectivity index (χ0) is 32.8. The lowest BCUT2D eigenvalue weighted by Crippen LogP contribution is -2.09. The molecule has 0 amide bonds. The normalized spacial score (nSPS) is 12.6. The Bertz CT molecular complexity index is 2280. The summed E-state index contributed by atoms with van der Waals surface area (Å²) in [5.41, 5.74) is 5.85. The maximum absolute atomic E-state index is 15.2. The van der Waals surface area contributed by atoms with Crippen LogP contribution in [0.1, 0.15) is 77.8 Å². The van der Waals surface area contributed by atoms with Gasteiger partial charge >= 0.3 is 0 Å². The second-order valence-electron chi connectivity index (χ2n) is 12.4. The number of hydrogen-bond donors (Lipinski definition) is 0. The van der Waals surface area contributed by atoms with Crippen molar-refractivity contribution < 1.29 is 22.4 Å². The van der Waals surface area contributed by atoms with Crippen LogP contribution >= 0.6 is 0 Å². The van der Waals surface area contributed by atoms with Gasteiger partial charge in [-0.05, 0) is 25.7 Å². The minimum Gasteiger partial charge on any atom is -0.287 e. The van der Waals surface area contributed by atoms with E-state index in [-0.39, 0.29) is 23.2 Å². The molecule has 46 heavy (non-hydrogen) atoms. The minimum absolute atomic E-state index is 0.203. The van der Waals surface area contributed by atoms with Crippen molar-refractivity contribution >= 4 is 27.9 Å². The summed E-state index contributed by atoms with van der Waals surface area (Å²) in [5, 5.41) is 0. The van der Waals surface area contributed by atoms with Crippen molar-refractivity contribution in [2.45, 2.75) is 53.4 Å². The van der Waals surface area contributed by atoms with E-state index >= 15 is 4.39 Å². The number of rotatable bonds is 4. The molecule has 0 atom stereocenters. The second-order valence-corrected chi connectivity index (χ2v) is 12.4. The summed E-state index contributed by atoms with van der Waals surface area (Å²) in [6.45, 7) is 11.8. The summed E-state index contributed by atoms with van der Waals surface area (Å²) < 4.78 is 58.8. The van der Waals surface area contributed by atoms with Gasteiger partial charge in [-0.25, -0.2) is 37.5 Å². The van der Waals surface area contributed by atoms with Gasteiger partial charge in [-0.2, -0.15) is 0 Å². The van der Waals surface area contributed by atoms with Crippen LogP contribution in [0.2, 0.25) is 0 Å². The van der Waals surface area contributed by atoms with Crippen molar-refractivity contribution in [3.8, 4) is 33.8 Å². The fourth-order valence-corrected chi connectivity index (χ4v) is 6.28. The molecule has 5 nitrogen and oxygen atoms in total. The van der Waals surface area contributed by atoms with Gasteiger partial charge in [0, 0.05) is 22.3 Å². The highest BCUT2D eigenvalue weighted by molar-refractivity contribution is 6.21. The first kappa shape index (κ1) is 29.6. The molecule has 0 spiro atoms. The van der Waals surface area contributed by atoms with Crippen LogP contribution in [-0.4, -0.2) is 25.7 Å². The first-order valence-electron chi connectivity index (χ1n) is 15.0. The van der Waals surface area contributed by atoms with Crippen molar-refractivity contribution in [2.75, 3.05) is 0 Å². The first-order valence-corrected chi connectivity index (χ1v) is 15.0. The molecule has 7 rings (SSSR count). The van der Waals surface area contributed by atoms with Crippen LogP contribution in [-0.2, 0) is 0 Å². The lowest BCUT2D eigenvalue weighted by atomic mass is 9.90. The minimum atomic E-state index is -2.06. The number of aromatic nitrogens is 4. The molecule has 2 heterocycles.